The molecule has 0 aliphatic heterocycles. The number of hydrogen-bond donors (Lipinski definition) is 3. The zero-order valence-electron chi connectivity index (χ0n) is 10.6. The Bertz CT molecular complexity index is 353. The highest BCUT2D eigenvalue weighted by atomic mass is 16.3. The zero-order chi connectivity index (χ0) is 12.8. The van der Waals surface area contributed by atoms with Gasteiger partial charge >= 0.3 is 0 Å². The molecule has 0 unspecified atom stereocenters. The summed E-state index contributed by atoms with van der Waals surface area (Å²) in [5.74, 6) is 0.125. The lowest BCUT2D eigenvalue weighted by atomic mass is 10.1. The van der Waals surface area contributed by atoms with E-state index >= 15 is 0 Å². The number of aliphatic hydroxyl groups is 1. The molecule has 4 nitrogen and oxygen atoms in total. The van der Waals surface area contributed by atoms with Crippen LogP contribution in [0, 0.1) is 0 Å². The van der Waals surface area contributed by atoms with Gasteiger partial charge in [-0.25, -0.2) is 0 Å². The average Bonchev–Trinajstić information content (AvgIpc) is 2.28. The average molecular weight is 238 g/mol. The highest BCUT2D eigenvalue weighted by Gasteiger charge is 2.10. The summed E-state index contributed by atoms with van der Waals surface area (Å²) >= 11 is 0. The normalized spacial score (nSPS) is 11.4. The molecule has 0 fully saturated rings. The second-order valence-corrected chi connectivity index (χ2v) is 4.53. The van der Waals surface area contributed by atoms with E-state index in [2.05, 4.69) is 18.7 Å². The van der Waals surface area contributed by atoms with Gasteiger partial charge in [0.25, 0.3) is 0 Å². The van der Waals surface area contributed by atoms with Crippen molar-refractivity contribution in [3.05, 3.63) is 23.8 Å². The smallest absolute Gasteiger partial charge is 0.138 e. The number of rotatable bonds is 6. The van der Waals surface area contributed by atoms with Crippen LogP contribution < -0.4 is 5.73 Å². The molecule has 0 saturated heterocycles. The van der Waals surface area contributed by atoms with Gasteiger partial charge in [0.05, 0.1) is 5.69 Å². The Morgan fingerprint density at radius 2 is 2.06 bits per heavy atom. The molecular weight excluding hydrogens is 216 g/mol. The van der Waals surface area contributed by atoms with E-state index < -0.39 is 0 Å². The minimum absolute atomic E-state index is 0.125. The summed E-state index contributed by atoms with van der Waals surface area (Å²) in [6, 6.07) is 5.70. The number of phenolic OH excluding ortho intramolecular Hbond substituents is 1. The number of benzene rings is 1. The van der Waals surface area contributed by atoms with E-state index in [0.717, 1.165) is 25.1 Å². The lowest BCUT2D eigenvalue weighted by molar-refractivity contribution is 0.185. The highest BCUT2D eigenvalue weighted by molar-refractivity contribution is 5.53. The lowest BCUT2D eigenvalue weighted by Gasteiger charge is -2.26. The first kappa shape index (κ1) is 13.8. The van der Waals surface area contributed by atoms with Crippen LogP contribution in [-0.2, 0) is 6.54 Å². The lowest BCUT2D eigenvalue weighted by Crippen LogP contribution is -2.31. The van der Waals surface area contributed by atoms with Gasteiger partial charge in [-0.1, -0.05) is 6.07 Å². The van der Waals surface area contributed by atoms with Crippen molar-refractivity contribution in [3.8, 4) is 5.75 Å². The molecule has 0 aromatic heterocycles. The van der Waals surface area contributed by atoms with Crippen LogP contribution in [0.1, 0.15) is 25.8 Å². The molecule has 0 radical (unpaired) electrons. The first-order valence-electron chi connectivity index (χ1n) is 5.97. The minimum atomic E-state index is 0.125. The second-order valence-electron chi connectivity index (χ2n) is 4.53. The number of hydrogen-bond acceptors (Lipinski definition) is 4. The van der Waals surface area contributed by atoms with Crippen molar-refractivity contribution in [2.24, 2.45) is 0 Å². The van der Waals surface area contributed by atoms with Crippen molar-refractivity contribution in [3.63, 3.8) is 0 Å². The van der Waals surface area contributed by atoms with Crippen molar-refractivity contribution in [1.29, 1.82) is 0 Å². The van der Waals surface area contributed by atoms with Crippen molar-refractivity contribution in [2.75, 3.05) is 18.9 Å². The van der Waals surface area contributed by atoms with Gasteiger partial charge in [0, 0.05) is 25.7 Å². The second kappa shape index (κ2) is 6.47. The van der Waals surface area contributed by atoms with Crippen LogP contribution in [0.2, 0.25) is 0 Å². The van der Waals surface area contributed by atoms with Crippen LogP contribution in [0.25, 0.3) is 0 Å². The molecule has 17 heavy (non-hydrogen) atoms. The van der Waals surface area contributed by atoms with Gasteiger partial charge in [0.1, 0.15) is 5.75 Å². The Morgan fingerprint density at radius 3 is 2.59 bits per heavy atom. The van der Waals surface area contributed by atoms with Crippen molar-refractivity contribution < 1.29 is 10.2 Å². The number of aliphatic hydroxyl groups excluding tert-OH is 1. The maximum atomic E-state index is 9.36. The number of nitrogen functional groups attached to an aromatic ring is 1. The third kappa shape index (κ3) is 4.24. The summed E-state index contributed by atoms with van der Waals surface area (Å²) in [5.41, 5.74) is 7.15. The third-order valence-corrected chi connectivity index (χ3v) is 2.81. The minimum Gasteiger partial charge on any atom is -0.506 e. The number of nitrogens with two attached hydrogens (primary N) is 1. The Morgan fingerprint density at radius 1 is 1.35 bits per heavy atom. The summed E-state index contributed by atoms with van der Waals surface area (Å²) in [4.78, 5) is 2.27. The summed E-state index contributed by atoms with van der Waals surface area (Å²) in [6.45, 7) is 6.10. The predicted octanol–water partition coefficient (Wildman–Crippen LogP) is 1.57. The van der Waals surface area contributed by atoms with Crippen molar-refractivity contribution in [2.45, 2.75) is 32.9 Å². The topological polar surface area (TPSA) is 69.7 Å². The maximum Gasteiger partial charge on any atom is 0.138 e. The molecule has 0 heterocycles. The van der Waals surface area contributed by atoms with Crippen LogP contribution in [0.5, 0.6) is 5.75 Å². The zero-order valence-corrected chi connectivity index (χ0v) is 10.6. The molecule has 96 valence electrons. The molecule has 0 saturated carbocycles. The monoisotopic (exact) mass is 238 g/mol. The largest absolute Gasteiger partial charge is 0.506 e. The fraction of sp³-hybridized carbons (Fsp3) is 0.538. The van der Waals surface area contributed by atoms with Gasteiger partial charge in [-0.3, -0.25) is 4.90 Å². The molecule has 4 heteroatoms. The molecule has 0 atom stereocenters. The number of aromatic hydroxyl groups is 1. The van der Waals surface area contributed by atoms with Crippen LogP contribution in [-0.4, -0.2) is 34.3 Å². The molecule has 1 aromatic rings. The number of phenols is 1. The summed E-state index contributed by atoms with van der Waals surface area (Å²) in [7, 11) is 0. The highest BCUT2D eigenvalue weighted by Crippen LogP contribution is 2.21. The van der Waals surface area contributed by atoms with E-state index in [-0.39, 0.29) is 12.4 Å². The SMILES string of the molecule is CC(C)N(CCCO)Cc1ccc(O)c(N)c1. The Labute approximate surface area is 103 Å². The van der Waals surface area contributed by atoms with E-state index in [9.17, 15) is 5.11 Å². The molecule has 0 aliphatic carbocycles. The standard InChI is InChI=1S/C13H22N2O2/c1-10(2)15(6-3-7-16)9-11-4-5-13(17)12(14)8-11/h4-5,8,10,16-17H,3,6-7,9,14H2,1-2H3. The molecule has 0 spiro atoms. The van der Waals surface area contributed by atoms with Crippen LogP contribution >= 0.6 is 0 Å². The van der Waals surface area contributed by atoms with E-state index in [1.165, 1.54) is 0 Å². The van der Waals surface area contributed by atoms with Crippen molar-refractivity contribution >= 4 is 5.69 Å². The molecule has 0 bridgehead atoms. The van der Waals surface area contributed by atoms with Gasteiger partial charge in [0.2, 0.25) is 0 Å². The molecule has 0 amide bonds. The van der Waals surface area contributed by atoms with E-state index in [0.29, 0.717) is 11.7 Å². The fourth-order valence-electron chi connectivity index (χ4n) is 1.73. The van der Waals surface area contributed by atoms with Crippen molar-refractivity contribution in [1.82, 2.24) is 4.90 Å². The van der Waals surface area contributed by atoms with E-state index in [4.69, 9.17) is 10.8 Å². The summed E-state index contributed by atoms with van der Waals surface area (Å²) in [6.07, 6.45) is 0.770. The Kier molecular flexibility index (Phi) is 5.25. The van der Waals surface area contributed by atoms with Gasteiger partial charge in [-0.2, -0.15) is 0 Å². The van der Waals surface area contributed by atoms with Crippen LogP contribution in [0.15, 0.2) is 18.2 Å². The molecule has 1 rings (SSSR count). The van der Waals surface area contributed by atoms with E-state index in [1.807, 2.05) is 6.07 Å². The quantitative estimate of drug-likeness (QED) is 0.519. The number of anilines is 1. The molecular formula is C13H22N2O2. The molecule has 0 aliphatic rings. The molecule has 1 aromatic carbocycles. The Balaban J connectivity index is 2.68. The third-order valence-electron chi connectivity index (χ3n) is 2.81. The first-order valence-corrected chi connectivity index (χ1v) is 5.97. The maximum absolute atomic E-state index is 9.36. The Hall–Kier alpha value is -1.26. The van der Waals surface area contributed by atoms with Gasteiger partial charge in [-0.15, -0.1) is 0 Å². The predicted molar refractivity (Wildman–Crippen MR) is 69.8 cm³/mol. The number of nitrogens with zero attached hydrogens (tertiary/aromatic N) is 1. The van der Waals surface area contributed by atoms with Crippen LogP contribution in [0.4, 0.5) is 5.69 Å². The molecule has 4 N–H and O–H groups in total. The fourth-order valence-corrected chi connectivity index (χ4v) is 1.73. The van der Waals surface area contributed by atoms with Gasteiger partial charge < -0.3 is 15.9 Å². The summed E-state index contributed by atoms with van der Waals surface area (Å²) < 4.78 is 0. The summed E-state index contributed by atoms with van der Waals surface area (Å²) in [5, 5.41) is 18.2. The first-order chi connectivity index (χ1) is 8.04. The van der Waals surface area contributed by atoms with Crippen LogP contribution in [0.3, 0.4) is 0 Å². The van der Waals surface area contributed by atoms with E-state index in [1.54, 1.807) is 12.1 Å². The van der Waals surface area contributed by atoms with Gasteiger partial charge in [0.15, 0.2) is 0 Å². The van der Waals surface area contributed by atoms with Gasteiger partial charge in [-0.05, 0) is 38.0 Å².